The molecule has 166 valence electrons. The van der Waals surface area contributed by atoms with E-state index in [9.17, 15) is 9.59 Å². The molecule has 4 heterocycles. The molecule has 30 heavy (non-hydrogen) atoms. The predicted octanol–water partition coefficient (Wildman–Crippen LogP) is 1.89. The number of nitrogens with zero attached hydrogens (tertiary/aromatic N) is 2. The number of unbranched alkanes of at least 4 members (excludes halogenated alkanes) is 1. The molecule has 0 bridgehead atoms. The Bertz CT molecular complexity index is 763. The van der Waals surface area contributed by atoms with Gasteiger partial charge < -0.3 is 19.5 Å². The molecular weight excluding hydrogens is 386 g/mol. The molecule has 4 rings (SSSR count). The molecule has 1 aromatic heterocycles. The molecule has 1 amide bonds. The number of hydrogen-bond donors (Lipinski definition) is 1. The molecule has 2 fully saturated rings. The summed E-state index contributed by atoms with van der Waals surface area (Å²) in [4.78, 5) is 24.8. The fourth-order valence-corrected chi connectivity index (χ4v) is 4.77. The highest BCUT2D eigenvalue weighted by Gasteiger charge is 2.39. The van der Waals surface area contributed by atoms with Gasteiger partial charge in [0.1, 0.15) is 5.69 Å². The van der Waals surface area contributed by atoms with Gasteiger partial charge in [-0.3, -0.25) is 14.3 Å². The number of carbonyl (C=O) groups is 2. The minimum Gasteiger partial charge on any atom is -0.465 e. The van der Waals surface area contributed by atoms with Crippen LogP contribution in [0.3, 0.4) is 0 Å². The van der Waals surface area contributed by atoms with Crippen LogP contribution < -0.4 is 5.32 Å². The van der Waals surface area contributed by atoms with Crippen molar-refractivity contribution in [3.05, 3.63) is 17.0 Å². The second-order valence-corrected chi connectivity index (χ2v) is 8.75. The minimum absolute atomic E-state index is 0.0123. The lowest BCUT2D eigenvalue weighted by molar-refractivity contribution is -0.148. The molecule has 8 nitrogen and oxygen atoms in total. The highest BCUT2D eigenvalue weighted by molar-refractivity contribution is 5.94. The normalized spacial score (nSPS) is 23.1. The van der Waals surface area contributed by atoms with E-state index in [0.29, 0.717) is 32.9 Å². The third-order valence-electron chi connectivity index (χ3n) is 6.69. The summed E-state index contributed by atoms with van der Waals surface area (Å²) in [5, 5.41) is 7.92. The molecule has 2 saturated heterocycles. The summed E-state index contributed by atoms with van der Waals surface area (Å²) in [5.74, 6) is -0.258. The van der Waals surface area contributed by atoms with Crippen molar-refractivity contribution in [1.29, 1.82) is 0 Å². The number of esters is 1. The Hall–Kier alpha value is -1.93. The maximum Gasteiger partial charge on any atom is 0.311 e. The summed E-state index contributed by atoms with van der Waals surface area (Å²) in [7, 11) is 0. The van der Waals surface area contributed by atoms with Crippen molar-refractivity contribution < 1.29 is 23.8 Å². The van der Waals surface area contributed by atoms with E-state index >= 15 is 0 Å². The second kappa shape index (κ2) is 9.47. The van der Waals surface area contributed by atoms with Crippen molar-refractivity contribution in [3.63, 3.8) is 0 Å². The van der Waals surface area contributed by atoms with Crippen LogP contribution in [0.15, 0.2) is 0 Å². The number of aromatic nitrogens is 2. The zero-order chi connectivity index (χ0) is 21.0. The van der Waals surface area contributed by atoms with Crippen LogP contribution in [0.5, 0.6) is 0 Å². The molecule has 0 saturated carbocycles. The number of hydrogen-bond acceptors (Lipinski definition) is 6. The number of amides is 1. The lowest BCUT2D eigenvalue weighted by Gasteiger charge is -2.36. The Balaban J connectivity index is 1.38. The summed E-state index contributed by atoms with van der Waals surface area (Å²) in [6.07, 6.45) is 6.01. The van der Waals surface area contributed by atoms with Crippen molar-refractivity contribution in [2.75, 3.05) is 39.6 Å². The van der Waals surface area contributed by atoms with E-state index < -0.39 is 0 Å². The summed E-state index contributed by atoms with van der Waals surface area (Å²) in [6, 6.07) is 0. The summed E-state index contributed by atoms with van der Waals surface area (Å²) < 4.78 is 18.1. The third-order valence-corrected chi connectivity index (χ3v) is 6.69. The van der Waals surface area contributed by atoms with Crippen molar-refractivity contribution in [1.82, 2.24) is 15.1 Å². The van der Waals surface area contributed by atoms with Crippen molar-refractivity contribution in [2.24, 2.45) is 11.3 Å². The molecule has 0 aromatic carbocycles. The minimum atomic E-state index is -0.144. The van der Waals surface area contributed by atoms with Gasteiger partial charge in [0.2, 0.25) is 0 Å². The molecule has 0 radical (unpaired) electrons. The molecule has 1 aromatic rings. The number of ether oxygens (including phenoxy) is 3. The number of nitrogens with one attached hydrogen (secondary N) is 1. The largest absolute Gasteiger partial charge is 0.465 e. The van der Waals surface area contributed by atoms with Crippen LogP contribution >= 0.6 is 0 Å². The number of aryl methyl sites for hydroxylation is 2. The first-order valence-corrected chi connectivity index (χ1v) is 11.3. The van der Waals surface area contributed by atoms with E-state index in [1.807, 2.05) is 11.6 Å². The van der Waals surface area contributed by atoms with Crippen LogP contribution in [0.25, 0.3) is 0 Å². The first-order valence-electron chi connectivity index (χ1n) is 11.3. The summed E-state index contributed by atoms with van der Waals surface area (Å²) >= 11 is 0. The quantitative estimate of drug-likeness (QED) is 0.536. The van der Waals surface area contributed by atoms with Gasteiger partial charge in [0, 0.05) is 38.5 Å². The Morgan fingerprint density at radius 3 is 2.83 bits per heavy atom. The van der Waals surface area contributed by atoms with E-state index in [1.54, 1.807) is 0 Å². The first-order chi connectivity index (χ1) is 14.6. The van der Waals surface area contributed by atoms with E-state index in [4.69, 9.17) is 19.3 Å². The molecule has 0 aliphatic carbocycles. The SMILES string of the molecule is CCn1nc(CCCCOC(=O)C2CCOC2)c2c1C(=O)NCC1(CCOCC1)C2. The molecule has 1 atom stereocenters. The fourth-order valence-electron chi connectivity index (χ4n) is 4.77. The molecule has 1 spiro atoms. The van der Waals surface area contributed by atoms with Crippen LogP contribution in [0, 0.1) is 11.3 Å². The number of rotatable bonds is 7. The van der Waals surface area contributed by atoms with Gasteiger partial charge in [0.25, 0.3) is 5.91 Å². The Labute approximate surface area is 177 Å². The Kier molecular flexibility index (Phi) is 6.73. The second-order valence-electron chi connectivity index (χ2n) is 8.75. The predicted molar refractivity (Wildman–Crippen MR) is 109 cm³/mol. The van der Waals surface area contributed by atoms with Crippen LogP contribution in [0.2, 0.25) is 0 Å². The zero-order valence-electron chi connectivity index (χ0n) is 17.9. The fraction of sp³-hybridized carbons (Fsp3) is 0.773. The summed E-state index contributed by atoms with van der Waals surface area (Å²) in [5.41, 5.74) is 2.91. The average molecular weight is 420 g/mol. The lowest BCUT2D eigenvalue weighted by Crippen LogP contribution is -2.40. The highest BCUT2D eigenvalue weighted by atomic mass is 16.5. The van der Waals surface area contributed by atoms with Crippen molar-refractivity contribution in [2.45, 2.75) is 58.4 Å². The van der Waals surface area contributed by atoms with Crippen molar-refractivity contribution in [3.8, 4) is 0 Å². The maximum absolute atomic E-state index is 12.8. The summed E-state index contributed by atoms with van der Waals surface area (Å²) in [6.45, 7) is 6.44. The van der Waals surface area contributed by atoms with Gasteiger partial charge in [-0.1, -0.05) is 0 Å². The van der Waals surface area contributed by atoms with E-state index in [1.165, 1.54) is 0 Å². The first kappa shape index (κ1) is 21.3. The Morgan fingerprint density at radius 2 is 2.10 bits per heavy atom. The average Bonchev–Trinajstić information content (AvgIpc) is 3.38. The van der Waals surface area contributed by atoms with Gasteiger partial charge in [-0.15, -0.1) is 0 Å². The highest BCUT2D eigenvalue weighted by Crippen LogP contribution is 2.37. The molecule has 3 aliphatic heterocycles. The van der Waals surface area contributed by atoms with Gasteiger partial charge in [-0.25, -0.2) is 0 Å². The molecular formula is C22H33N3O5. The molecule has 3 aliphatic rings. The smallest absolute Gasteiger partial charge is 0.311 e. The van der Waals surface area contributed by atoms with Crippen molar-refractivity contribution >= 4 is 11.9 Å². The number of fused-ring (bicyclic) bond motifs is 1. The topological polar surface area (TPSA) is 91.7 Å². The van der Waals surface area contributed by atoms with Gasteiger partial charge in [-0.05, 0) is 57.3 Å². The maximum atomic E-state index is 12.8. The van der Waals surface area contributed by atoms with E-state index in [0.717, 1.165) is 75.1 Å². The van der Waals surface area contributed by atoms with Crippen LogP contribution in [0.1, 0.15) is 60.8 Å². The van der Waals surface area contributed by atoms with Crippen LogP contribution in [-0.4, -0.2) is 61.2 Å². The molecule has 1 N–H and O–H groups in total. The van der Waals surface area contributed by atoms with E-state index in [-0.39, 0.29) is 23.2 Å². The Morgan fingerprint density at radius 1 is 1.27 bits per heavy atom. The zero-order valence-corrected chi connectivity index (χ0v) is 17.9. The van der Waals surface area contributed by atoms with Gasteiger partial charge >= 0.3 is 5.97 Å². The standard InChI is InChI=1S/C22H33N3O5/c1-2-25-19-17(13-22(15-23-20(19)26)7-11-28-12-8-22)18(24-25)5-3-4-9-30-21(27)16-6-10-29-14-16/h16H,2-15H2,1H3,(H,23,26). The monoisotopic (exact) mass is 419 g/mol. The van der Waals surface area contributed by atoms with Crippen LogP contribution in [-0.2, 0) is 38.4 Å². The van der Waals surface area contributed by atoms with E-state index in [2.05, 4.69) is 5.32 Å². The van der Waals surface area contributed by atoms with Gasteiger partial charge in [0.15, 0.2) is 0 Å². The van der Waals surface area contributed by atoms with Gasteiger partial charge in [0.05, 0.1) is 24.8 Å². The third kappa shape index (κ3) is 4.54. The number of carbonyl (C=O) groups excluding carboxylic acids is 2. The molecule has 1 unspecified atom stereocenters. The van der Waals surface area contributed by atoms with Crippen LogP contribution in [0.4, 0.5) is 0 Å². The molecule has 8 heteroatoms. The lowest BCUT2D eigenvalue weighted by atomic mass is 9.75. The van der Waals surface area contributed by atoms with Gasteiger partial charge in [-0.2, -0.15) is 5.10 Å².